The standard InChI is InChI=1S/C13H17Cl2NO2S/c1-9-4-3-5-16(9)19(17,18)13-7-12(15)6-11(8-14)10(13)2/h6-7,9H,3-5,8H2,1-2H3. The summed E-state index contributed by atoms with van der Waals surface area (Å²) in [5.74, 6) is 0.254. The molecule has 1 aliphatic heterocycles. The number of nitrogens with zero attached hydrogens (tertiary/aromatic N) is 1. The van der Waals surface area contributed by atoms with Gasteiger partial charge in [-0.05, 0) is 49.9 Å². The Morgan fingerprint density at radius 1 is 1.42 bits per heavy atom. The SMILES string of the molecule is Cc1c(CCl)cc(Cl)cc1S(=O)(=O)N1CCCC1C. The van der Waals surface area contributed by atoms with Crippen LogP contribution in [0.25, 0.3) is 0 Å². The second-order valence-electron chi connectivity index (χ2n) is 4.93. The second-order valence-corrected chi connectivity index (χ2v) is 7.49. The van der Waals surface area contributed by atoms with Crippen LogP contribution in [0.3, 0.4) is 0 Å². The molecule has 3 nitrogen and oxygen atoms in total. The van der Waals surface area contributed by atoms with Crippen molar-refractivity contribution in [3.05, 3.63) is 28.3 Å². The predicted molar refractivity (Wildman–Crippen MR) is 78.3 cm³/mol. The predicted octanol–water partition coefficient (Wildman–Crippen LogP) is 3.56. The summed E-state index contributed by atoms with van der Waals surface area (Å²) >= 11 is 11.9. The van der Waals surface area contributed by atoms with Gasteiger partial charge in [-0.25, -0.2) is 8.42 Å². The van der Waals surface area contributed by atoms with Gasteiger partial charge >= 0.3 is 0 Å². The monoisotopic (exact) mass is 321 g/mol. The van der Waals surface area contributed by atoms with Crippen molar-refractivity contribution in [2.75, 3.05) is 6.54 Å². The van der Waals surface area contributed by atoms with Crippen molar-refractivity contribution in [1.82, 2.24) is 4.31 Å². The Morgan fingerprint density at radius 3 is 2.63 bits per heavy atom. The molecule has 1 unspecified atom stereocenters. The number of sulfonamides is 1. The van der Waals surface area contributed by atoms with E-state index in [1.165, 1.54) is 6.07 Å². The number of halogens is 2. The van der Waals surface area contributed by atoms with Crippen LogP contribution < -0.4 is 0 Å². The summed E-state index contributed by atoms with van der Waals surface area (Å²) in [6.45, 7) is 4.29. The van der Waals surface area contributed by atoms with E-state index in [1.54, 1.807) is 17.3 Å². The van der Waals surface area contributed by atoms with E-state index in [9.17, 15) is 8.42 Å². The van der Waals surface area contributed by atoms with Gasteiger partial charge in [0, 0.05) is 23.5 Å². The summed E-state index contributed by atoms with van der Waals surface area (Å²) in [7, 11) is -3.48. The molecule has 0 saturated carbocycles. The van der Waals surface area contributed by atoms with E-state index >= 15 is 0 Å². The first-order valence-corrected chi connectivity index (χ1v) is 8.60. The van der Waals surface area contributed by atoms with E-state index in [-0.39, 0.29) is 16.8 Å². The van der Waals surface area contributed by atoms with Crippen LogP contribution >= 0.6 is 23.2 Å². The maximum Gasteiger partial charge on any atom is 0.243 e. The quantitative estimate of drug-likeness (QED) is 0.798. The van der Waals surface area contributed by atoms with Crippen LogP contribution in [-0.2, 0) is 15.9 Å². The highest BCUT2D eigenvalue weighted by Crippen LogP contribution is 2.31. The molecule has 0 aliphatic carbocycles. The van der Waals surface area contributed by atoms with Gasteiger partial charge in [-0.15, -0.1) is 11.6 Å². The van der Waals surface area contributed by atoms with E-state index in [4.69, 9.17) is 23.2 Å². The molecule has 1 fully saturated rings. The van der Waals surface area contributed by atoms with Crippen LogP contribution in [0.1, 0.15) is 30.9 Å². The zero-order valence-electron chi connectivity index (χ0n) is 11.0. The van der Waals surface area contributed by atoms with Crippen LogP contribution in [0, 0.1) is 6.92 Å². The number of rotatable bonds is 3. The molecule has 1 heterocycles. The average molecular weight is 322 g/mol. The Balaban J connectivity index is 2.54. The Morgan fingerprint density at radius 2 is 2.11 bits per heavy atom. The van der Waals surface area contributed by atoms with Crippen LogP contribution in [0.2, 0.25) is 5.02 Å². The number of alkyl halides is 1. The van der Waals surface area contributed by atoms with Crippen LogP contribution in [-0.4, -0.2) is 25.3 Å². The Bertz CT molecular complexity index is 587. The molecule has 6 heteroatoms. The summed E-state index contributed by atoms with van der Waals surface area (Å²) in [4.78, 5) is 0.282. The van der Waals surface area contributed by atoms with Crippen molar-refractivity contribution in [3.63, 3.8) is 0 Å². The fourth-order valence-electron chi connectivity index (χ4n) is 2.51. The van der Waals surface area contributed by atoms with Crippen molar-refractivity contribution in [1.29, 1.82) is 0 Å². The summed E-state index contributed by atoms with van der Waals surface area (Å²) in [5.41, 5.74) is 1.46. The molecule has 2 rings (SSSR count). The molecule has 0 radical (unpaired) electrons. The Kier molecular flexibility index (Phi) is 4.45. The average Bonchev–Trinajstić information content (AvgIpc) is 2.78. The molecule has 1 atom stereocenters. The highest BCUT2D eigenvalue weighted by molar-refractivity contribution is 7.89. The molecule has 0 bridgehead atoms. The largest absolute Gasteiger partial charge is 0.243 e. The molecule has 1 saturated heterocycles. The molecule has 19 heavy (non-hydrogen) atoms. The van der Waals surface area contributed by atoms with Gasteiger partial charge in [-0.2, -0.15) is 4.31 Å². The van der Waals surface area contributed by atoms with Crippen LogP contribution in [0.4, 0.5) is 0 Å². The third-order valence-electron chi connectivity index (χ3n) is 3.65. The minimum Gasteiger partial charge on any atom is -0.207 e. The smallest absolute Gasteiger partial charge is 0.207 e. The van der Waals surface area contributed by atoms with Gasteiger partial charge in [0.1, 0.15) is 0 Å². The van der Waals surface area contributed by atoms with E-state index in [1.807, 2.05) is 6.92 Å². The third kappa shape index (κ3) is 2.77. The lowest BCUT2D eigenvalue weighted by Gasteiger charge is -2.22. The minimum absolute atomic E-state index is 0.0443. The third-order valence-corrected chi connectivity index (χ3v) is 6.30. The lowest BCUT2D eigenvalue weighted by atomic mass is 10.1. The molecule has 0 N–H and O–H groups in total. The second kappa shape index (κ2) is 5.60. The molecule has 0 aromatic heterocycles. The van der Waals surface area contributed by atoms with Gasteiger partial charge < -0.3 is 0 Å². The molecular weight excluding hydrogens is 305 g/mol. The fourth-order valence-corrected chi connectivity index (χ4v) is 5.08. The fraction of sp³-hybridized carbons (Fsp3) is 0.538. The van der Waals surface area contributed by atoms with Crippen molar-refractivity contribution >= 4 is 33.2 Å². The van der Waals surface area contributed by atoms with Gasteiger partial charge in [0.25, 0.3) is 0 Å². The minimum atomic E-state index is -3.48. The van der Waals surface area contributed by atoms with Crippen LogP contribution in [0.5, 0.6) is 0 Å². The molecule has 1 aromatic carbocycles. The normalized spacial score (nSPS) is 20.9. The van der Waals surface area contributed by atoms with E-state index in [0.29, 0.717) is 17.1 Å². The number of benzene rings is 1. The van der Waals surface area contributed by atoms with E-state index in [0.717, 1.165) is 18.4 Å². The topological polar surface area (TPSA) is 37.4 Å². The Labute approximate surface area is 124 Å². The van der Waals surface area contributed by atoms with Gasteiger partial charge in [0.05, 0.1) is 4.90 Å². The maximum absolute atomic E-state index is 12.7. The first-order valence-electron chi connectivity index (χ1n) is 6.24. The van der Waals surface area contributed by atoms with Gasteiger partial charge in [-0.1, -0.05) is 11.6 Å². The molecule has 1 aliphatic rings. The maximum atomic E-state index is 12.7. The molecule has 106 valence electrons. The summed E-state index contributed by atoms with van der Waals surface area (Å²) in [6, 6.07) is 3.28. The van der Waals surface area contributed by atoms with E-state index < -0.39 is 10.0 Å². The molecular formula is C13H17Cl2NO2S. The number of hydrogen-bond donors (Lipinski definition) is 0. The molecule has 0 spiro atoms. The van der Waals surface area contributed by atoms with Gasteiger partial charge in [0.2, 0.25) is 10.0 Å². The number of hydrogen-bond acceptors (Lipinski definition) is 2. The van der Waals surface area contributed by atoms with Crippen molar-refractivity contribution in [2.45, 2.75) is 43.5 Å². The summed E-state index contributed by atoms with van der Waals surface area (Å²) in [6.07, 6.45) is 1.81. The van der Waals surface area contributed by atoms with Gasteiger partial charge in [0.15, 0.2) is 0 Å². The van der Waals surface area contributed by atoms with Crippen molar-refractivity contribution in [3.8, 4) is 0 Å². The van der Waals surface area contributed by atoms with Crippen LogP contribution in [0.15, 0.2) is 17.0 Å². The summed E-state index contributed by atoms with van der Waals surface area (Å²) in [5, 5.41) is 0.409. The Hall–Kier alpha value is -0.290. The first kappa shape index (κ1) is 15.1. The first-order chi connectivity index (χ1) is 8.87. The zero-order valence-corrected chi connectivity index (χ0v) is 13.3. The van der Waals surface area contributed by atoms with Crippen molar-refractivity contribution in [2.24, 2.45) is 0 Å². The molecule has 0 amide bonds. The zero-order chi connectivity index (χ0) is 14.2. The lowest BCUT2D eigenvalue weighted by molar-refractivity contribution is 0.408. The molecule has 1 aromatic rings. The lowest BCUT2D eigenvalue weighted by Crippen LogP contribution is -2.34. The summed E-state index contributed by atoms with van der Waals surface area (Å²) < 4.78 is 27.0. The highest BCUT2D eigenvalue weighted by Gasteiger charge is 2.34. The van der Waals surface area contributed by atoms with Crippen molar-refractivity contribution < 1.29 is 8.42 Å². The van der Waals surface area contributed by atoms with E-state index in [2.05, 4.69) is 0 Å². The highest BCUT2D eigenvalue weighted by atomic mass is 35.5. The van der Waals surface area contributed by atoms with Gasteiger partial charge in [-0.3, -0.25) is 0 Å².